The highest BCUT2D eigenvalue weighted by molar-refractivity contribution is 5.72. The molecule has 0 saturated heterocycles. The standard InChI is InChI=1S/C32H50N2O5/c1-9-21-11-23-15-31(25(23)13-21,17-27(35)38-29(3,4)5)19-33-34(37)20-32(18-28(36)39-30(6,7)8)16-24-12-22(10-2)14-26(24)32/h13-14,23-26H,9-12,15-20H2,1-8H3/t23-,24+,25-,26+,31-,32+/m1/s1. The maximum absolute atomic E-state index is 13.4. The summed E-state index contributed by atoms with van der Waals surface area (Å²) in [6.07, 6.45) is 11.0. The summed E-state index contributed by atoms with van der Waals surface area (Å²) >= 11 is 0. The molecule has 2 fully saturated rings. The monoisotopic (exact) mass is 542 g/mol. The molecule has 0 aliphatic heterocycles. The van der Waals surface area contributed by atoms with Gasteiger partial charge >= 0.3 is 11.9 Å². The summed E-state index contributed by atoms with van der Waals surface area (Å²) in [6.45, 7) is 16.1. The number of ether oxygens (including phenoxy) is 2. The number of fused-ring (bicyclic) bond motifs is 2. The van der Waals surface area contributed by atoms with Crippen molar-refractivity contribution in [1.82, 2.24) is 0 Å². The Kier molecular flexibility index (Phi) is 8.15. The normalized spacial score (nSPS) is 33.8. The van der Waals surface area contributed by atoms with Gasteiger partial charge in [-0.05, 0) is 109 Å². The van der Waals surface area contributed by atoms with Crippen LogP contribution in [0.3, 0.4) is 0 Å². The van der Waals surface area contributed by atoms with E-state index in [1.807, 2.05) is 41.5 Å². The molecule has 218 valence electrons. The minimum atomic E-state index is -0.565. The van der Waals surface area contributed by atoms with E-state index in [2.05, 4.69) is 31.1 Å². The van der Waals surface area contributed by atoms with Crippen LogP contribution in [0.4, 0.5) is 0 Å². The summed E-state index contributed by atoms with van der Waals surface area (Å²) in [5.41, 5.74) is 0.899. The van der Waals surface area contributed by atoms with Crippen LogP contribution < -0.4 is 0 Å². The molecular formula is C32H50N2O5. The van der Waals surface area contributed by atoms with E-state index in [1.165, 1.54) is 11.1 Å². The molecule has 4 aliphatic carbocycles. The van der Waals surface area contributed by atoms with Gasteiger partial charge in [-0.2, -0.15) is 0 Å². The smallest absolute Gasteiger partial charge is 0.307 e. The molecule has 0 spiro atoms. The van der Waals surface area contributed by atoms with Crippen LogP contribution in [-0.4, -0.2) is 41.1 Å². The number of allylic oxidation sites excluding steroid dienone is 4. The van der Waals surface area contributed by atoms with Crippen LogP contribution >= 0.6 is 0 Å². The Morgan fingerprint density at radius 3 is 1.77 bits per heavy atom. The lowest BCUT2D eigenvalue weighted by molar-refractivity contribution is -0.553. The van der Waals surface area contributed by atoms with Gasteiger partial charge in [0.1, 0.15) is 17.7 Å². The molecule has 0 amide bonds. The molecule has 4 aliphatic rings. The van der Waals surface area contributed by atoms with E-state index in [0.717, 1.165) is 43.4 Å². The van der Waals surface area contributed by atoms with Gasteiger partial charge in [0.05, 0.1) is 18.3 Å². The molecule has 0 bridgehead atoms. The second-order valence-electron chi connectivity index (χ2n) is 14.8. The third kappa shape index (κ3) is 6.59. The molecule has 2 saturated carbocycles. The zero-order valence-corrected chi connectivity index (χ0v) is 25.5. The molecule has 0 radical (unpaired) electrons. The fourth-order valence-corrected chi connectivity index (χ4v) is 7.82. The first kappa shape index (κ1) is 29.8. The number of hydrogen-bond donors (Lipinski definition) is 0. The van der Waals surface area contributed by atoms with E-state index in [0.29, 0.717) is 18.4 Å². The van der Waals surface area contributed by atoms with E-state index in [4.69, 9.17) is 9.47 Å². The Bertz CT molecular complexity index is 1060. The molecule has 6 atom stereocenters. The van der Waals surface area contributed by atoms with Crippen molar-refractivity contribution in [2.24, 2.45) is 39.6 Å². The average molecular weight is 543 g/mol. The van der Waals surface area contributed by atoms with Crippen molar-refractivity contribution in [2.45, 2.75) is 118 Å². The van der Waals surface area contributed by atoms with Crippen LogP contribution in [0.25, 0.3) is 0 Å². The summed E-state index contributed by atoms with van der Waals surface area (Å²) in [5, 5.41) is 18.0. The molecule has 0 aromatic rings. The van der Waals surface area contributed by atoms with Crippen molar-refractivity contribution in [3.8, 4) is 0 Å². The second-order valence-corrected chi connectivity index (χ2v) is 14.8. The van der Waals surface area contributed by atoms with Crippen molar-refractivity contribution >= 4 is 11.9 Å². The van der Waals surface area contributed by atoms with Gasteiger partial charge in [0.15, 0.2) is 6.54 Å². The summed E-state index contributed by atoms with van der Waals surface area (Å²) in [5.74, 6) is 1.01. The van der Waals surface area contributed by atoms with E-state index in [1.54, 1.807) is 0 Å². The topological polar surface area (TPSA) is 91.0 Å². The minimum Gasteiger partial charge on any atom is -0.600 e. The van der Waals surface area contributed by atoms with Crippen molar-refractivity contribution in [3.05, 3.63) is 28.5 Å². The van der Waals surface area contributed by atoms with Crippen LogP contribution in [-0.2, 0) is 19.1 Å². The van der Waals surface area contributed by atoms with Gasteiger partial charge in [0.2, 0.25) is 0 Å². The lowest BCUT2D eigenvalue weighted by atomic mass is 9.53. The molecule has 39 heavy (non-hydrogen) atoms. The molecule has 0 N–H and O–H groups in total. The maximum Gasteiger partial charge on any atom is 0.307 e. The second kappa shape index (κ2) is 10.7. The number of hydrogen-bond acceptors (Lipinski definition) is 6. The molecule has 7 nitrogen and oxygen atoms in total. The quantitative estimate of drug-likeness (QED) is 0.0962. The van der Waals surface area contributed by atoms with Crippen LogP contribution in [0.5, 0.6) is 0 Å². The maximum atomic E-state index is 13.4. The highest BCUT2D eigenvalue weighted by Gasteiger charge is 2.59. The summed E-state index contributed by atoms with van der Waals surface area (Å²) in [4.78, 5) is 26.7. The summed E-state index contributed by atoms with van der Waals surface area (Å²) < 4.78 is 11.4. The van der Waals surface area contributed by atoms with Crippen LogP contribution in [0, 0.1) is 39.7 Å². The number of hydroxylamine groups is 1. The lowest BCUT2D eigenvalue weighted by Crippen LogP contribution is -2.52. The van der Waals surface area contributed by atoms with Gasteiger partial charge in [-0.3, -0.25) is 9.59 Å². The van der Waals surface area contributed by atoms with E-state index in [9.17, 15) is 14.8 Å². The molecule has 0 aromatic heterocycles. The van der Waals surface area contributed by atoms with Crippen LogP contribution in [0.15, 0.2) is 28.4 Å². The van der Waals surface area contributed by atoms with Gasteiger partial charge in [-0.1, -0.05) is 42.0 Å². The number of rotatable bonds is 10. The first-order valence-corrected chi connectivity index (χ1v) is 15.0. The highest BCUT2D eigenvalue weighted by atomic mass is 16.6. The van der Waals surface area contributed by atoms with Gasteiger partial charge in [-0.25, -0.2) is 0 Å². The first-order valence-electron chi connectivity index (χ1n) is 15.0. The van der Waals surface area contributed by atoms with Crippen LogP contribution in [0.1, 0.15) is 107 Å². The highest BCUT2D eigenvalue weighted by Crippen LogP contribution is 2.62. The fraction of sp³-hybridized carbons (Fsp3) is 0.812. The first-order chi connectivity index (χ1) is 18.1. The minimum absolute atomic E-state index is 0.174. The number of nitrogens with zero attached hydrogens (tertiary/aromatic N) is 2. The van der Waals surface area contributed by atoms with Gasteiger partial charge in [0.25, 0.3) is 0 Å². The Balaban J connectivity index is 1.52. The van der Waals surface area contributed by atoms with Gasteiger partial charge in [-0.15, -0.1) is 0 Å². The Morgan fingerprint density at radius 2 is 1.31 bits per heavy atom. The van der Waals surface area contributed by atoms with E-state index < -0.39 is 16.6 Å². The third-order valence-electron chi connectivity index (χ3n) is 9.38. The Morgan fingerprint density at radius 1 is 0.872 bits per heavy atom. The number of azo groups is 1. The van der Waals surface area contributed by atoms with Crippen LogP contribution in [0.2, 0.25) is 0 Å². The third-order valence-corrected chi connectivity index (χ3v) is 9.38. The molecular weight excluding hydrogens is 492 g/mol. The largest absolute Gasteiger partial charge is 0.600 e. The average Bonchev–Trinajstić information content (AvgIpc) is 3.31. The number of carbonyl (C=O) groups is 2. The van der Waals surface area contributed by atoms with E-state index >= 15 is 0 Å². The van der Waals surface area contributed by atoms with Gasteiger partial charge < -0.3 is 14.7 Å². The zero-order chi connectivity index (χ0) is 28.8. The van der Waals surface area contributed by atoms with Crippen molar-refractivity contribution in [2.75, 3.05) is 13.1 Å². The molecule has 0 unspecified atom stereocenters. The summed E-state index contributed by atoms with van der Waals surface area (Å²) in [6, 6.07) is 0. The van der Waals surface area contributed by atoms with E-state index in [-0.39, 0.29) is 48.6 Å². The molecule has 7 heteroatoms. The predicted octanol–water partition coefficient (Wildman–Crippen LogP) is 7.14. The molecule has 0 heterocycles. The zero-order valence-electron chi connectivity index (χ0n) is 25.5. The molecule has 4 rings (SSSR count). The Hall–Kier alpha value is -2.18. The Labute approximate surface area is 235 Å². The number of esters is 2. The SMILES string of the molecule is CCC1=C[C@@H]2[C@H](C1)C[C@]2(CN=[N+]([O-])C[C@@]1(CC(=O)OC(C)(C)C)C[C@@H]2CC(CC)=C[C@@H]21)CC(=O)OC(C)(C)C. The fourth-order valence-electron chi connectivity index (χ4n) is 7.82. The predicted molar refractivity (Wildman–Crippen MR) is 151 cm³/mol. The van der Waals surface area contributed by atoms with Crippen molar-refractivity contribution in [3.63, 3.8) is 0 Å². The number of carbonyl (C=O) groups excluding carboxylic acids is 2. The molecule has 0 aromatic carbocycles. The van der Waals surface area contributed by atoms with Crippen molar-refractivity contribution < 1.29 is 23.9 Å². The summed E-state index contributed by atoms with van der Waals surface area (Å²) in [7, 11) is 0. The van der Waals surface area contributed by atoms with Gasteiger partial charge in [0, 0.05) is 5.41 Å². The van der Waals surface area contributed by atoms with Crippen molar-refractivity contribution in [1.29, 1.82) is 0 Å². The lowest BCUT2D eigenvalue weighted by Gasteiger charge is -2.51.